The summed E-state index contributed by atoms with van der Waals surface area (Å²) in [5.41, 5.74) is 0. The fourth-order valence-corrected chi connectivity index (χ4v) is 0.285. The molecule has 0 aromatic heterocycles. The standard InChI is InChI=1S/C6H12N/c1-4-5-6-7(2)3/h4-5H,1,6H2,2-3H3/b5-4+. The van der Waals surface area contributed by atoms with Crippen LogP contribution in [-0.4, -0.2) is 25.5 Å². The Labute approximate surface area is 45.6 Å². The minimum atomic E-state index is 0.990. The Kier molecular flexibility index (Phi) is 3.71. The lowest BCUT2D eigenvalue weighted by atomic mass is 10.5. The Bertz CT molecular complexity index is 55.2. The van der Waals surface area contributed by atoms with Gasteiger partial charge in [-0.3, -0.25) is 0 Å². The predicted octanol–water partition coefficient (Wildman–Crippen LogP) is 0.938. The van der Waals surface area contributed by atoms with Crippen molar-refractivity contribution in [1.82, 2.24) is 4.90 Å². The van der Waals surface area contributed by atoms with Crippen molar-refractivity contribution in [2.24, 2.45) is 0 Å². The summed E-state index contributed by atoms with van der Waals surface area (Å²) in [7, 11) is 4.06. The molecule has 41 valence electrons. The topological polar surface area (TPSA) is 3.24 Å². The third kappa shape index (κ3) is 5.70. The fourth-order valence-electron chi connectivity index (χ4n) is 0.285. The van der Waals surface area contributed by atoms with Crippen LogP contribution in [0.15, 0.2) is 12.2 Å². The van der Waals surface area contributed by atoms with Gasteiger partial charge >= 0.3 is 0 Å². The van der Waals surface area contributed by atoms with Gasteiger partial charge in [-0.25, -0.2) is 0 Å². The molecule has 0 N–H and O–H groups in total. The number of hydrogen-bond donors (Lipinski definition) is 0. The summed E-state index contributed by atoms with van der Waals surface area (Å²) in [6.45, 7) is 4.54. The molecular weight excluding hydrogens is 86.1 g/mol. The molecule has 0 aliphatic heterocycles. The van der Waals surface area contributed by atoms with Crippen molar-refractivity contribution >= 4 is 0 Å². The Morgan fingerprint density at radius 2 is 2.14 bits per heavy atom. The first kappa shape index (κ1) is 6.70. The normalized spacial score (nSPS) is 11.4. The van der Waals surface area contributed by atoms with Gasteiger partial charge in [-0.2, -0.15) is 0 Å². The zero-order chi connectivity index (χ0) is 5.70. The molecule has 0 spiro atoms. The zero-order valence-corrected chi connectivity index (χ0v) is 5.02. The lowest BCUT2D eigenvalue weighted by molar-refractivity contribution is 0.456. The van der Waals surface area contributed by atoms with E-state index in [0.29, 0.717) is 0 Å². The van der Waals surface area contributed by atoms with E-state index in [1.807, 2.05) is 20.2 Å². The fraction of sp³-hybridized carbons (Fsp3) is 0.500. The van der Waals surface area contributed by atoms with Crippen molar-refractivity contribution in [3.05, 3.63) is 19.1 Å². The SMILES string of the molecule is [CH2]/C=C/CN(C)C. The molecule has 1 heteroatoms. The second-order valence-electron chi connectivity index (χ2n) is 1.73. The second kappa shape index (κ2) is 3.88. The molecule has 0 fully saturated rings. The van der Waals surface area contributed by atoms with Crippen LogP contribution in [0, 0.1) is 6.92 Å². The van der Waals surface area contributed by atoms with E-state index in [9.17, 15) is 0 Å². The van der Waals surface area contributed by atoms with Crippen LogP contribution in [0.2, 0.25) is 0 Å². The van der Waals surface area contributed by atoms with Crippen LogP contribution in [0.25, 0.3) is 0 Å². The van der Waals surface area contributed by atoms with Gasteiger partial charge < -0.3 is 4.90 Å². The van der Waals surface area contributed by atoms with E-state index in [4.69, 9.17) is 0 Å². The largest absolute Gasteiger partial charge is 0.306 e. The molecular formula is C6H12N. The van der Waals surface area contributed by atoms with Crippen LogP contribution in [0.5, 0.6) is 0 Å². The van der Waals surface area contributed by atoms with Gasteiger partial charge in [0.1, 0.15) is 0 Å². The quantitative estimate of drug-likeness (QED) is 0.497. The van der Waals surface area contributed by atoms with Crippen LogP contribution in [0.1, 0.15) is 0 Å². The summed E-state index contributed by atoms with van der Waals surface area (Å²) < 4.78 is 0. The maximum Gasteiger partial charge on any atom is 0.0157 e. The van der Waals surface area contributed by atoms with Gasteiger partial charge in [0.15, 0.2) is 0 Å². The number of likely N-dealkylation sites (N-methyl/N-ethyl adjacent to an activating group) is 1. The molecule has 0 amide bonds. The molecule has 0 bridgehead atoms. The molecule has 0 saturated carbocycles. The van der Waals surface area contributed by atoms with E-state index >= 15 is 0 Å². The first-order valence-electron chi connectivity index (χ1n) is 2.36. The zero-order valence-electron chi connectivity index (χ0n) is 5.02. The molecule has 1 nitrogen and oxygen atoms in total. The molecule has 0 unspecified atom stereocenters. The maximum atomic E-state index is 3.55. The molecule has 0 rings (SSSR count). The number of nitrogens with zero attached hydrogens (tertiary/aromatic N) is 1. The van der Waals surface area contributed by atoms with Crippen molar-refractivity contribution in [1.29, 1.82) is 0 Å². The Morgan fingerprint density at radius 1 is 1.57 bits per heavy atom. The van der Waals surface area contributed by atoms with E-state index in [2.05, 4.69) is 11.8 Å². The monoisotopic (exact) mass is 98.1 g/mol. The molecule has 0 heterocycles. The summed E-state index contributed by atoms with van der Waals surface area (Å²) >= 11 is 0. The second-order valence-corrected chi connectivity index (χ2v) is 1.73. The van der Waals surface area contributed by atoms with Crippen LogP contribution in [0.4, 0.5) is 0 Å². The van der Waals surface area contributed by atoms with Crippen molar-refractivity contribution in [3.8, 4) is 0 Å². The Morgan fingerprint density at radius 3 is 2.29 bits per heavy atom. The highest BCUT2D eigenvalue weighted by Gasteiger charge is 1.77. The molecule has 0 aliphatic carbocycles. The summed E-state index contributed by atoms with van der Waals surface area (Å²) in [4.78, 5) is 2.08. The first-order chi connectivity index (χ1) is 3.27. The number of allylic oxidation sites excluding steroid dienone is 1. The van der Waals surface area contributed by atoms with Gasteiger partial charge in [-0.05, 0) is 21.0 Å². The molecule has 1 radical (unpaired) electrons. The number of hydrogen-bond acceptors (Lipinski definition) is 1. The van der Waals surface area contributed by atoms with E-state index in [1.54, 1.807) is 6.08 Å². The maximum absolute atomic E-state index is 3.55. The van der Waals surface area contributed by atoms with Crippen LogP contribution in [0.3, 0.4) is 0 Å². The smallest absolute Gasteiger partial charge is 0.0157 e. The van der Waals surface area contributed by atoms with Gasteiger partial charge in [0, 0.05) is 6.54 Å². The van der Waals surface area contributed by atoms with Crippen molar-refractivity contribution in [2.45, 2.75) is 0 Å². The molecule has 0 aromatic carbocycles. The summed E-state index contributed by atoms with van der Waals surface area (Å²) in [6.07, 6.45) is 3.82. The third-order valence-electron chi connectivity index (χ3n) is 0.637. The van der Waals surface area contributed by atoms with Gasteiger partial charge in [0.25, 0.3) is 0 Å². The highest BCUT2D eigenvalue weighted by molar-refractivity contribution is 4.85. The van der Waals surface area contributed by atoms with Crippen LogP contribution in [-0.2, 0) is 0 Å². The molecule has 0 atom stereocenters. The van der Waals surface area contributed by atoms with E-state index in [0.717, 1.165) is 6.54 Å². The van der Waals surface area contributed by atoms with E-state index in [1.165, 1.54) is 0 Å². The molecule has 0 saturated heterocycles. The van der Waals surface area contributed by atoms with E-state index < -0.39 is 0 Å². The minimum Gasteiger partial charge on any atom is -0.306 e. The molecule has 0 aromatic rings. The molecule has 0 aliphatic rings. The first-order valence-corrected chi connectivity index (χ1v) is 2.36. The van der Waals surface area contributed by atoms with Gasteiger partial charge in [0.2, 0.25) is 0 Å². The lowest BCUT2D eigenvalue weighted by Crippen LogP contribution is -2.10. The van der Waals surface area contributed by atoms with Crippen molar-refractivity contribution in [3.63, 3.8) is 0 Å². The number of rotatable bonds is 2. The highest BCUT2D eigenvalue weighted by atomic mass is 15.0. The van der Waals surface area contributed by atoms with Gasteiger partial charge in [-0.1, -0.05) is 12.2 Å². The summed E-state index contributed by atoms with van der Waals surface area (Å²) in [5.74, 6) is 0. The third-order valence-corrected chi connectivity index (χ3v) is 0.637. The van der Waals surface area contributed by atoms with Crippen LogP contribution >= 0.6 is 0 Å². The van der Waals surface area contributed by atoms with Crippen molar-refractivity contribution < 1.29 is 0 Å². The highest BCUT2D eigenvalue weighted by Crippen LogP contribution is 1.73. The summed E-state index contributed by atoms with van der Waals surface area (Å²) in [6, 6.07) is 0. The van der Waals surface area contributed by atoms with Crippen molar-refractivity contribution in [2.75, 3.05) is 20.6 Å². The van der Waals surface area contributed by atoms with Gasteiger partial charge in [0.05, 0.1) is 0 Å². The lowest BCUT2D eigenvalue weighted by Gasteiger charge is -2.02. The summed E-state index contributed by atoms with van der Waals surface area (Å²) in [5, 5.41) is 0. The average Bonchev–Trinajstić information content (AvgIpc) is 1.61. The Balaban J connectivity index is 2.97. The predicted molar refractivity (Wildman–Crippen MR) is 33.1 cm³/mol. The van der Waals surface area contributed by atoms with Gasteiger partial charge in [-0.15, -0.1) is 0 Å². The van der Waals surface area contributed by atoms with Crippen LogP contribution < -0.4 is 0 Å². The Hall–Kier alpha value is -0.300. The average molecular weight is 98.2 g/mol. The minimum absolute atomic E-state index is 0.990. The molecule has 7 heavy (non-hydrogen) atoms. The van der Waals surface area contributed by atoms with E-state index in [-0.39, 0.29) is 0 Å².